The van der Waals surface area contributed by atoms with Crippen molar-refractivity contribution in [2.45, 2.75) is 25.5 Å². The van der Waals surface area contributed by atoms with Crippen LogP contribution in [0, 0.1) is 13.8 Å². The van der Waals surface area contributed by atoms with Crippen LogP contribution in [0.1, 0.15) is 16.7 Å². The Morgan fingerprint density at radius 1 is 0.914 bits per heavy atom. The average molecular weight is 489 g/mol. The van der Waals surface area contributed by atoms with E-state index < -0.39 is 0 Å². The number of methoxy groups -OCH3 is 2. The van der Waals surface area contributed by atoms with Crippen molar-refractivity contribution < 1.29 is 14.3 Å². The molecule has 1 N–H and O–H groups in total. The fraction of sp³-hybridized carbons (Fsp3) is 0.222. The van der Waals surface area contributed by atoms with Crippen molar-refractivity contribution >= 4 is 17.7 Å². The highest BCUT2D eigenvalue weighted by Crippen LogP contribution is 2.29. The monoisotopic (exact) mass is 488 g/mol. The van der Waals surface area contributed by atoms with Crippen molar-refractivity contribution in [3.8, 4) is 28.6 Å². The number of thioether (sulfide) groups is 1. The van der Waals surface area contributed by atoms with Crippen LogP contribution in [-0.2, 0) is 11.3 Å². The van der Waals surface area contributed by atoms with E-state index in [-0.39, 0.29) is 11.7 Å². The number of nitrogens with one attached hydrogen (secondary N) is 1. The molecule has 1 amide bonds. The van der Waals surface area contributed by atoms with Crippen LogP contribution in [0.25, 0.3) is 17.1 Å². The van der Waals surface area contributed by atoms with Crippen molar-refractivity contribution in [2.24, 2.45) is 0 Å². The summed E-state index contributed by atoms with van der Waals surface area (Å²) in [5.41, 5.74) is 5.16. The van der Waals surface area contributed by atoms with Gasteiger partial charge in [-0.1, -0.05) is 59.3 Å². The highest BCUT2D eigenvalue weighted by atomic mass is 32.2. The predicted octanol–water partition coefficient (Wildman–Crippen LogP) is 4.98. The first-order valence-electron chi connectivity index (χ1n) is 11.2. The smallest absolute Gasteiger partial charge is 0.230 e. The van der Waals surface area contributed by atoms with Gasteiger partial charge in [0.25, 0.3) is 0 Å². The number of benzene rings is 3. The van der Waals surface area contributed by atoms with Gasteiger partial charge in [0.05, 0.1) is 20.0 Å². The molecule has 3 aromatic carbocycles. The van der Waals surface area contributed by atoms with E-state index >= 15 is 0 Å². The van der Waals surface area contributed by atoms with Gasteiger partial charge in [0, 0.05) is 17.8 Å². The molecule has 0 unspecified atom stereocenters. The summed E-state index contributed by atoms with van der Waals surface area (Å²) in [5.74, 6) is 2.14. The number of aryl methyl sites for hydroxylation is 2. The van der Waals surface area contributed by atoms with Crippen LogP contribution in [0.2, 0.25) is 0 Å². The molecule has 35 heavy (non-hydrogen) atoms. The van der Waals surface area contributed by atoms with E-state index in [0.717, 1.165) is 28.2 Å². The lowest BCUT2D eigenvalue weighted by Gasteiger charge is -2.12. The Morgan fingerprint density at radius 3 is 2.40 bits per heavy atom. The van der Waals surface area contributed by atoms with E-state index in [4.69, 9.17) is 9.47 Å². The molecular formula is C27H28N4O3S. The normalized spacial score (nSPS) is 10.7. The maximum Gasteiger partial charge on any atom is 0.230 e. The van der Waals surface area contributed by atoms with E-state index in [0.29, 0.717) is 23.2 Å². The summed E-state index contributed by atoms with van der Waals surface area (Å²) >= 11 is 1.36. The van der Waals surface area contributed by atoms with Gasteiger partial charge in [-0.2, -0.15) is 0 Å². The summed E-state index contributed by atoms with van der Waals surface area (Å²) < 4.78 is 12.6. The molecule has 0 radical (unpaired) electrons. The zero-order valence-electron chi connectivity index (χ0n) is 20.2. The molecule has 0 aliphatic heterocycles. The maximum absolute atomic E-state index is 12.6. The Kier molecular flexibility index (Phi) is 7.72. The molecule has 0 aliphatic rings. The Hall–Kier alpha value is -3.78. The topological polar surface area (TPSA) is 78.3 Å². The fourth-order valence-electron chi connectivity index (χ4n) is 3.63. The number of carbonyl (C=O) groups excluding carboxylic acids is 1. The number of hydrogen-bond acceptors (Lipinski definition) is 6. The number of ether oxygens (including phenoxy) is 2. The van der Waals surface area contributed by atoms with Crippen molar-refractivity contribution in [3.63, 3.8) is 0 Å². The van der Waals surface area contributed by atoms with E-state index in [2.05, 4.69) is 53.6 Å². The van der Waals surface area contributed by atoms with E-state index in [1.165, 1.54) is 17.3 Å². The van der Waals surface area contributed by atoms with Gasteiger partial charge in [-0.15, -0.1) is 10.2 Å². The molecule has 7 nitrogen and oxygen atoms in total. The van der Waals surface area contributed by atoms with Crippen LogP contribution in [0.5, 0.6) is 11.5 Å². The Morgan fingerprint density at radius 2 is 1.69 bits per heavy atom. The largest absolute Gasteiger partial charge is 0.493 e. The minimum Gasteiger partial charge on any atom is -0.493 e. The Bertz CT molecular complexity index is 1320. The highest BCUT2D eigenvalue weighted by Gasteiger charge is 2.17. The zero-order valence-corrected chi connectivity index (χ0v) is 21.1. The van der Waals surface area contributed by atoms with Crippen LogP contribution < -0.4 is 14.8 Å². The van der Waals surface area contributed by atoms with Gasteiger partial charge < -0.3 is 14.8 Å². The summed E-state index contributed by atoms with van der Waals surface area (Å²) in [6.45, 7) is 4.49. The van der Waals surface area contributed by atoms with Crippen LogP contribution >= 0.6 is 11.8 Å². The predicted molar refractivity (Wildman–Crippen MR) is 138 cm³/mol. The lowest BCUT2D eigenvalue weighted by molar-refractivity contribution is -0.118. The van der Waals surface area contributed by atoms with Crippen LogP contribution in [0.3, 0.4) is 0 Å². The highest BCUT2D eigenvalue weighted by molar-refractivity contribution is 7.99. The molecule has 1 aromatic heterocycles. The Labute approximate surface area is 209 Å². The molecule has 1 heterocycles. The summed E-state index contributed by atoms with van der Waals surface area (Å²) in [6, 6.07) is 21.9. The second-order valence-corrected chi connectivity index (χ2v) is 9.04. The van der Waals surface area contributed by atoms with Gasteiger partial charge in [0.15, 0.2) is 22.5 Å². The SMILES string of the molecule is COc1ccc(CNC(=O)CSc2nnc(-c3cccc(C)c3)n2-c2ccc(C)cc2)cc1OC. The van der Waals surface area contributed by atoms with Crippen molar-refractivity contribution in [2.75, 3.05) is 20.0 Å². The molecule has 0 aliphatic carbocycles. The third-order valence-corrected chi connectivity index (χ3v) is 6.40. The summed E-state index contributed by atoms with van der Waals surface area (Å²) in [4.78, 5) is 12.6. The van der Waals surface area contributed by atoms with Crippen molar-refractivity contribution in [1.82, 2.24) is 20.1 Å². The van der Waals surface area contributed by atoms with Crippen LogP contribution in [0.15, 0.2) is 71.9 Å². The number of hydrogen-bond donors (Lipinski definition) is 1. The van der Waals surface area contributed by atoms with E-state index in [1.807, 2.05) is 47.0 Å². The third-order valence-electron chi connectivity index (χ3n) is 5.47. The molecule has 0 saturated heterocycles. The molecule has 4 aromatic rings. The first-order chi connectivity index (χ1) is 17.0. The molecule has 0 spiro atoms. The molecule has 0 saturated carbocycles. The van der Waals surface area contributed by atoms with E-state index in [1.54, 1.807) is 14.2 Å². The number of nitrogens with zero attached hydrogens (tertiary/aromatic N) is 3. The second-order valence-electron chi connectivity index (χ2n) is 8.10. The first kappa shape index (κ1) is 24.3. The fourth-order valence-corrected chi connectivity index (χ4v) is 4.42. The summed E-state index contributed by atoms with van der Waals surface area (Å²) in [5, 5.41) is 12.5. The average Bonchev–Trinajstić information content (AvgIpc) is 3.30. The number of carbonyl (C=O) groups is 1. The summed E-state index contributed by atoms with van der Waals surface area (Å²) in [6.07, 6.45) is 0. The van der Waals surface area contributed by atoms with Crippen LogP contribution in [0.4, 0.5) is 0 Å². The molecular weight excluding hydrogens is 460 g/mol. The minimum atomic E-state index is -0.0969. The molecule has 180 valence electrons. The van der Waals surface area contributed by atoms with Crippen molar-refractivity contribution in [1.29, 1.82) is 0 Å². The quantitative estimate of drug-likeness (QED) is 0.335. The van der Waals surface area contributed by atoms with Gasteiger partial charge in [-0.3, -0.25) is 9.36 Å². The molecule has 4 rings (SSSR count). The standard InChI is InChI=1S/C27H28N4O3S/c1-18-8-11-22(12-9-18)31-26(21-7-5-6-19(2)14-21)29-30-27(31)35-17-25(32)28-16-20-10-13-23(33-3)24(15-20)34-4/h5-15H,16-17H2,1-4H3,(H,28,32). The Balaban J connectivity index is 1.50. The van der Waals surface area contributed by atoms with Gasteiger partial charge >= 0.3 is 0 Å². The third kappa shape index (κ3) is 5.84. The number of rotatable bonds is 9. The van der Waals surface area contributed by atoms with Gasteiger partial charge in [-0.05, 0) is 49.7 Å². The minimum absolute atomic E-state index is 0.0969. The first-order valence-corrected chi connectivity index (χ1v) is 12.2. The molecule has 8 heteroatoms. The lowest BCUT2D eigenvalue weighted by atomic mass is 10.1. The maximum atomic E-state index is 12.6. The number of aromatic nitrogens is 3. The molecule has 0 fully saturated rings. The van der Waals surface area contributed by atoms with Gasteiger partial charge in [0.2, 0.25) is 5.91 Å². The van der Waals surface area contributed by atoms with Gasteiger partial charge in [-0.25, -0.2) is 0 Å². The second kappa shape index (κ2) is 11.1. The molecule has 0 atom stereocenters. The zero-order chi connectivity index (χ0) is 24.8. The van der Waals surface area contributed by atoms with Crippen molar-refractivity contribution in [3.05, 3.63) is 83.4 Å². The van der Waals surface area contributed by atoms with Gasteiger partial charge in [0.1, 0.15) is 0 Å². The summed E-state index contributed by atoms with van der Waals surface area (Å²) in [7, 11) is 3.18. The number of amides is 1. The van der Waals surface area contributed by atoms with E-state index in [9.17, 15) is 4.79 Å². The molecule has 0 bridgehead atoms. The lowest BCUT2D eigenvalue weighted by Crippen LogP contribution is -2.24. The van der Waals surface area contributed by atoms with Crippen LogP contribution in [-0.4, -0.2) is 40.6 Å².